The number of halogens is 2. The normalized spacial score (nSPS) is 19.8. The van der Waals surface area contributed by atoms with E-state index in [1.54, 1.807) is 53.4 Å². The molecule has 7 rings (SSSR count). The molecule has 3 aliphatic rings. The van der Waals surface area contributed by atoms with Gasteiger partial charge in [-0.25, -0.2) is 18.1 Å². The van der Waals surface area contributed by atoms with Crippen LogP contribution >= 0.6 is 7.82 Å². The SMILES string of the molecule is CC1=NO[C@@]2(CC[C@H](C)N3C[C@H]2n2cc(C(=O)NCc4ccc(F)cc4F)c(=O)c(OC(C)OC(=O)OCCOP(=O)(OCc4ccccc4)OCc4ccccc4)c2C3=O)C1. The summed E-state index contributed by atoms with van der Waals surface area (Å²) in [6, 6.07) is 19.8. The van der Waals surface area contributed by atoms with Crippen molar-refractivity contribution in [3.8, 4) is 5.75 Å². The molecule has 2 bridgehead atoms. The number of phosphoric ester groups is 1. The highest BCUT2D eigenvalue weighted by molar-refractivity contribution is 7.48. The van der Waals surface area contributed by atoms with E-state index in [4.69, 9.17) is 32.6 Å². The number of oxime groups is 1. The molecule has 19 heteroatoms. The van der Waals surface area contributed by atoms with Gasteiger partial charge in [0.25, 0.3) is 11.8 Å². The zero-order valence-electron chi connectivity index (χ0n) is 34.1. The van der Waals surface area contributed by atoms with Gasteiger partial charge in [-0.3, -0.25) is 28.0 Å². The average molecular weight is 879 g/mol. The van der Waals surface area contributed by atoms with Crippen molar-refractivity contribution < 1.29 is 60.3 Å². The molecule has 4 aromatic rings. The van der Waals surface area contributed by atoms with E-state index in [-0.39, 0.29) is 37.1 Å². The van der Waals surface area contributed by atoms with Gasteiger partial charge in [0.15, 0.2) is 11.3 Å². The van der Waals surface area contributed by atoms with Crippen molar-refractivity contribution in [2.45, 2.75) is 83.8 Å². The van der Waals surface area contributed by atoms with Gasteiger partial charge >= 0.3 is 14.0 Å². The first-order valence-corrected chi connectivity index (χ1v) is 21.4. The summed E-state index contributed by atoms with van der Waals surface area (Å²) in [7, 11) is -4.19. The highest BCUT2D eigenvalue weighted by Gasteiger charge is 2.54. The zero-order chi connectivity index (χ0) is 44.0. The number of hydrogen-bond acceptors (Lipinski definition) is 13. The van der Waals surface area contributed by atoms with Crippen LogP contribution in [0.2, 0.25) is 0 Å². The van der Waals surface area contributed by atoms with Crippen LogP contribution in [0.15, 0.2) is 95.0 Å². The number of carbonyl (C=O) groups is 3. The third kappa shape index (κ3) is 10.1. The number of fused-ring (bicyclic) bond motifs is 5. The summed E-state index contributed by atoms with van der Waals surface area (Å²) in [5, 5.41) is 6.71. The number of amides is 2. The van der Waals surface area contributed by atoms with E-state index in [2.05, 4.69) is 10.5 Å². The van der Waals surface area contributed by atoms with E-state index in [9.17, 15) is 32.5 Å². The van der Waals surface area contributed by atoms with Crippen molar-refractivity contribution in [1.29, 1.82) is 0 Å². The monoisotopic (exact) mass is 878 g/mol. The van der Waals surface area contributed by atoms with Crippen molar-refractivity contribution in [2.24, 2.45) is 5.16 Å². The maximum absolute atomic E-state index is 14.5. The van der Waals surface area contributed by atoms with E-state index in [1.165, 1.54) is 17.7 Å². The number of hydrogen-bond donors (Lipinski definition) is 1. The molecule has 4 heterocycles. The number of carbonyl (C=O) groups excluding carboxylic acids is 3. The third-order valence-electron chi connectivity index (χ3n) is 10.7. The molecule has 1 unspecified atom stereocenters. The average Bonchev–Trinajstić information content (AvgIpc) is 3.59. The van der Waals surface area contributed by atoms with Crippen molar-refractivity contribution >= 4 is 31.5 Å². The van der Waals surface area contributed by atoms with E-state index >= 15 is 0 Å². The Morgan fingerprint density at radius 2 is 1.66 bits per heavy atom. The fourth-order valence-corrected chi connectivity index (χ4v) is 8.65. The van der Waals surface area contributed by atoms with E-state index in [0.717, 1.165) is 17.8 Å². The van der Waals surface area contributed by atoms with E-state index in [1.807, 2.05) is 26.0 Å². The Balaban J connectivity index is 1.07. The largest absolute Gasteiger partial charge is 0.511 e. The Morgan fingerprint density at radius 1 is 0.984 bits per heavy atom. The maximum Gasteiger partial charge on any atom is 0.511 e. The van der Waals surface area contributed by atoms with Crippen molar-refractivity contribution in [3.63, 3.8) is 0 Å². The Kier molecular flexibility index (Phi) is 13.5. The fraction of sp³-hybridized carbons (Fsp3) is 0.372. The Labute approximate surface area is 355 Å². The van der Waals surface area contributed by atoms with E-state index < -0.39 is 91.9 Å². The number of benzene rings is 3. The lowest BCUT2D eigenvalue weighted by molar-refractivity contribution is -0.0679. The standard InChI is InChI=1S/C43H45F2N4O12P/c1-27-21-43(61-47-27)17-16-28(2)48-24-36(43)49-23-34(40(51)46-22-32-14-15-33(44)20-35(32)45)38(50)39(37(49)41(48)52)59-29(3)60-42(53)55-18-19-56-62(54,57-25-30-10-6-4-7-11-30)58-26-31-12-8-5-9-13-31/h4-15,20,23,28-29,36H,16-19,21-22,24-26H2,1-3H3,(H,46,51)/t28-,29?,36+,43-/m0/s1. The summed E-state index contributed by atoms with van der Waals surface area (Å²) in [6.07, 6.45) is -0.185. The smallest absolute Gasteiger partial charge is 0.448 e. The fourth-order valence-electron chi connectivity index (χ4n) is 7.52. The van der Waals surface area contributed by atoms with Crippen LogP contribution in [0.4, 0.5) is 13.6 Å². The molecule has 1 saturated heterocycles. The van der Waals surface area contributed by atoms with Gasteiger partial charge in [-0.15, -0.1) is 0 Å². The molecular weight excluding hydrogens is 833 g/mol. The van der Waals surface area contributed by atoms with Gasteiger partial charge < -0.3 is 33.8 Å². The minimum absolute atomic E-state index is 0.0445. The lowest BCUT2D eigenvalue weighted by Crippen LogP contribution is -2.52. The highest BCUT2D eigenvalue weighted by Crippen LogP contribution is 2.51. The minimum atomic E-state index is -4.19. The second-order valence-corrected chi connectivity index (χ2v) is 16.8. The molecule has 0 aliphatic carbocycles. The van der Waals surface area contributed by atoms with Crippen LogP contribution in [0.1, 0.15) is 83.6 Å². The molecule has 3 aromatic carbocycles. The van der Waals surface area contributed by atoms with Gasteiger partial charge in [-0.2, -0.15) is 0 Å². The first-order valence-electron chi connectivity index (χ1n) is 19.9. The van der Waals surface area contributed by atoms with Crippen LogP contribution < -0.4 is 15.5 Å². The topological polar surface area (TPSA) is 183 Å². The number of phosphoric acid groups is 1. The second-order valence-electron chi connectivity index (χ2n) is 15.1. The molecule has 62 heavy (non-hydrogen) atoms. The molecule has 4 atom stereocenters. The summed E-state index contributed by atoms with van der Waals surface area (Å²) in [5.74, 6) is -3.83. The Hall–Kier alpha value is -5.94. The highest BCUT2D eigenvalue weighted by atomic mass is 31.2. The van der Waals surface area contributed by atoms with Crippen LogP contribution in [0.3, 0.4) is 0 Å². The number of rotatable bonds is 16. The van der Waals surface area contributed by atoms with Gasteiger partial charge in [-0.05, 0) is 43.9 Å². The predicted molar refractivity (Wildman–Crippen MR) is 217 cm³/mol. The minimum Gasteiger partial charge on any atom is -0.448 e. The quantitative estimate of drug-likeness (QED) is 0.0518. The van der Waals surface area contributed by atoms with Crippen LogP contribution in [-0.2, 0) is 52.2 Å². The summed E-state index contributed by atoms with van der Waals surface area (Å²) >= 11 is 0. The number of aromatic nitrogens is 1. The molecule has 1 spiro atoms. The molecule has 1 aromatic heterocycles. The predicted octanol–water partition coefficient (Wildman–Crippen LogP) is 7.21. The van der Waals surface area contributed by atoms with Crippen molar-refractivity contribution in [3.05, 3.63) is 135 Å². The molecule has 1 fully saturated rings. The lowest BCUT2D eigenvalue weighted by Gasteiger charge is -2.42. The van der Waals surface area contributed by atoms with E-state index in [0.29, 0.717) is 36.5 Å². The van der Waals surface area contributed by atoms with Crippen LogP contribution in [0.25, 0.3) is 0 Å². The lowest BCUT2D eigenvalue weighted by atomic mass is 9.84. The summed E-state index contributed by atoms with van der Waals surface area (Å²) in [6.45, 7) is 3.61. The van der Waals surface area contributed by atoms with Gasteiger partial charge in [0.05, 0.1) is 31.6 Å². The summed E-state index contributed by atoms with van der Waals surface area (Å²) < 4.78 is 76.1. The molecular formula is C43H45F2N4O12P. The van der Waals surface area contributed by atoms with Crippen molar-refractivity contribution in [1.82, 2.24) is 14.8 Å². The Morgan fingerprint density at radius 3 is 2.29 bits per heavy atom. The molecule has 16 nitrogen and oxygen atoms in total. The molecule has 3 aliphatic heterocycles. The van der Waals surface area contributed by atoms with Crippen LogP contribution in [-0.4, -0.2) is 70.8 Å². The first-order chi connectivity index (χ1) is 29.7. The first kappa shape index (κ1) is 44.1. The van der Waals surface area contributed by atoms with Gasteiger partial charge in [0.2, 0.25) is 17.5 Å². The van der Waals surface area contributed by atoms with Gasteiger partial charge in [-0.1, -0.05) is 71.9 Å². The van der Waals surface area contributed by atoms with Gasteiger partial charge in [0.1, 0.15) is 23.8 Å². The molecule has 2 amide bonds. The molecule has 328 valence electrons. The van der Waals surface area contributed by atoms with Gasteiger partial charge in [0, 0.05) is 50.3 Å². The zero-order valence-corrected chi connectivity index (χ0v) is 35.0. The molecule has 0 radical (unpaired) electrons. The van der Waals surface area contributed by atoms with Crippen LogP contribution in [0.5, 0.6) is 5.75 Å². The number of nitrogens with zero attached hydrogens (tertiary/aromatic N) is 3. The summed E-state index contributed by atoms with van der Waals surface area (Å²) in [5.41, 5.74) is -0.569. The summed E-state index contributed by atoms with van der Waals surface area (Å²) in [4.78, 5) is 62.8. The molecule has 1 N–H and O–H groups in total. The molecule has 0 saturated carbocycles. The van der Waals surface area contributed by atoms with Crippen LogP contribution in [0, 0.1) is 11.6 Å². The van der Waals surface area contributed by atoms with Crippen molar-refractivity contribution in [2.75, 3.05) is 19.8 Å². The Bertz CT molecular complexity index is 2390. The number of nitrogens with one attached hydrogen (secondary N) is 1. The number of ether oxygens (including phenoxy) is 3. The third-order valence-corrected chi connectivity index (χ3v) is 12.1. The second kappa shape index (κ2) is 19.0. The number of pyridine rings is 1. The maximum atomic E-state index is 14.5.